The van der Waals surface area contributed by atoms with E-state index >= 15 is 0 Å². The monoisotopic (exact) mass is 429 g/mol. The number of thioether (sulfide) groups is 1. The van der Waals surface area contributed by atoms with Gasteiger partial charge in [0.15, 0.2) is 0 Å². The molecule has 0 aliphatic carbocycles. The molecule has 0 spiro atoms. The van der Waals surface area contributed by atoms with Crippen LogP contribution in [0.4, 0.5) is 5.69 Å². The summed E-state index contributed by atoms with van der Waals surface area (Å²) in [5.41, 5.74) is 3.73. The lowest BCUT2D eigenvalue weighted by Crippen LogP contribution is -2.11. The van der Waals surface area contributed by atoms with Crippen molar-refractivity contribution in [2.75, 3.05) is 5.32 Å². The normalized spacial score (nSPS) is 11.8. The Balaban J connectivity index is 1.29. The minimum Gasteiger partial charge on any atom is -0.416 e. The Bertz CT molecular complexity index is 1110. The summed E-state index contributed by atoms with van der Waals surface area (Å²) in [5.74, 6) is 1.52. The average molecular weight is 430 g/mol. The molecule has 1 N–H and O–H groups in total. The fraction of sp³-hybridized carbons (Fsp3) is 0.160. The smallest absolute Gasteiger partial charge is 0.276 e. The molecule has 156 valence electrons. The van der Waals surface area contributed by atoms with Crippen LogP contribution in [0.5, 0.6) is 0 Å². The SMILES string of the molecule is CC(Cc1nnc(SCc2ccc(C(=O)Nc3ccccc3)cc2)o1)c1ccccc1. The number of aromatic nitrogens is 2. The van der Waals surface area contributed by atoms with Gasteiger partial charge in [0, 0.05) is 23.4 Å². The molecule has 3 aromatic carbocycles. The lowest BCUT2D eigenvalue weighted by atomic mass is 9.98. The van der Waals surface area contributed by atoms with Crippen LogP contribution in [-0.2, 0) is 12.2 Å². The highest BCUT2D eigenvalue weighted by Crippen LogP contribution is 2.25. The highest BCUT2D eigenvalue weighted by Gasteiger charge is 2.13. The molecular weight excluding hydrogens is 406 g/mol. The zero-order valence-electron chi connectivity index (χ0n) is 17.2. The van der Waals surface area contributed by atoms with Gasteiger partial charge in [0.05, 0.1) is 0 Å². The maximum atomic E-state index is 12.3. The largest absolute Gasteiger partial charge is 0.416 e. The minimum atomic E-state index is -0.125. The Hall–Kier alpha value is -3.38. The molecule has 31 heavy (non-hydrogen) atoms. The molecule has 4 rings (SSSR count). The molecule has 4 aromatic rings. The van der Waals surface area contributed by atoms with Gasteiger partial charge >= 0.3 is 0 Å². The molecule has 0 aliphatic heterocycles. The zero-order chi connectivity index (χ0) is 21.5. The summed E-state index contributed by atoms with van der Waals surface area (Å²) in [6.07, 6.45) is 0.711. The van der Waals surface area contributed by atoms with Crippen molar-refractivity contribution >= 4 is 23.4 Å². The van der Waals surface area contributed by atoms with Gasteiger partial charge in [0.25, 0.3) is 11.1 Å². The molecule has 1 aromatic heterocycles. The molecule has 1 unspecified atom stereocenters. The first-order valence-corrected chi connectivity index (χ1v) is 11.1. The van der Waals surface area contributed by atoms with Crippen molar-refractivity contribution in [3.05, 3.63) is 108 Å². The van der Waals surface area contributed by atoms with Gasteiger partial charge in [0.1, 0.15) is 0 Å². The lowest BCUT2D eigenvalue weighted by Gasteiger charge is -2.08. The molecular formula is C25H23N3O2S. The number of nitrogens with zero attached hydrogens (tertiary/aromatic N) is 2. The first kappa shape index (κ1) is 20.9. The van der Waals surface area contributed by atoms with Crippen LogP contribution in [0, 0.1) is 0 Å². The van der Waals surface area contributed by atoms with Crippen molar-refractivity contribution in [3.8, 4) is 0 Å². The fourth-order valence-corrected chi connectivity index (χ4v) is 3.90. The van der Waals surface area contributed by atoms with Crippen LogP contribution in [0.25, 0.3) is 0 Å². The predicted octanol–water partition coefficient (Wildman–Crippen LogP) is 5.96. The second-order valence-corrected chi connectivity index (χ2v) is 8.21. The first-order valence-electron chi connectivity index (χ1n) is 10.1. The second-order valence-electron chi connectivity index (χ2n) is 7.28. The number of carbonyl (C=O) groups is 1. The van der Waals surface area contributed by atoms with E-state index in [2.05, 4.69) is 34.6 Å². The molecule has 1 atom stereocenters. The van der Waals surface area contributed by atoms with E-state index in [9.17, 15) is 4.79 Å². The van der Waals surface area contributed by atoms with Crippen molar-refractivity contribution in [3.63, 3.8) is 0 Å². The summed E-state index contributed by atoms with van der Waals surface area (Å²) in [4.78, 5) is 12.3. The Morgan fingerprint density at radius 2 is 1.61 bits per heavy atom. The number of para-hydroxylation sites is 1. The predicted molar refractivity (Wildman–Crippen MR) is 123 cm³/mol. The molecule has 1 heterocycles. The summed E-state index contributed by atoms with van der Waals surface area (Å²) >= 11 is 1.49. The van der Waals surface area contributed by atoms with Crippen molar-refractivity contribution in [1.29, 1.82) is 0 Å². The average Bonchev–Trinajstić information content (AvgIpc) is 3.26. The molecule has 6 heteroatoms. The number of hydrogen-bond donors (Lipinski definition) is 1. The van der Waals surface area contributed by atoms with Crippen LogP contribution in [0.15, 0.2) is 94.6 Å². The molecule has 0 aliphatic rings. The maximum absolute atomic E-state index is 12.3. The quantitative estimate of drug-likeness (QED) is 0.350. The fourth-order valence-electron chi connectivity index (χ4n) is 3.16. The van der Waals surface area contributed by atoms with E-state index in [0.717, 1.165) is 11.3 Å². The van der Waals surface area contributed by atoms with E-state index in [4.69, 9.17) is 4.42 Å². The first-order chi connectivity index (χ1) is 15.2. The summed E-state index contributed by atoms with van der Waals surface area (Å²) in [5, 5.41) is 11.8. The van der Waals surface area contributed by atoms with Gasteiger partial charge in [-0.05, 0) is 41.3 Å². The number of benzene rings is 3. The van der Waals surface area contributed by atoms with Crippen LogP contribution in [0.2, 0.25) is 0 Å². The van der Waals surface area contributed by atoms with Crippen molar-refractivity contribution in [2.24, 2.45) is 0 Å². The van der Waals surface area contributed by atoms with Crippen LogP contribution in [-0.4, -0.2) is 16.1 Å². The van der Waals surface area contributed by atoms with Gasteiger partial charge in [-0.1, -0.05) is 79.3 Å². The van der Waals surface area contributed by atoms with Gasteiger partial charge < -0.3 is 9.73 Å². The van der Waals surface area contributed by atoms with E-state index in [1.807, 2.05) is 72.8 Å². The lowest BCUT2D eigenvalue weighted by molar-refractivity contribution is 0.102. The second kappa shape index (κ2) is 10.1. The Kier molecular flexibility index (Phi) is 6.79. The molecule has 0 saturated heterocycles. The number of rotatable bonds is 8. The van der Waals surface area contributed by atoms with E-state index in [0.29, 0.717) is 34.8 Å². The van der Waals surface area contributed by atoms with Crippen molar-refractivity contribution in [2.45, 2.75) is 30.2 Å². The van der Waals surface area contributed by atoms with Gasteiger partial charge in [0.2, 0.25) is 5.89 Å². The zero-order valence-corrected chi connectivity index (χ0v) is 18.0. The summed E-state index contributed by atoms with van der Waals surface area (Å²) in [6.45, 7) is 2.15. The van der Waals surface area contributed by atoms with Crippen molar-refractivity contribution in [1.82, 2.24) is 10.2 Å². The van der Waals surface area contributed by atoms with E-state index in [1.54, 1.807) is 0 Å². The van der Waals surface area contributed by atoms with E-state index in [-0.39, 0.29) is 5.91 Å². The van der Waals surface area contributed by atoms with Gasteiger partial charge in [-0.2, -0.15) is 0 Å². The molecule has 0 fully saturated rings. The third kappa shape index (κ3) is 5.83. The Morgan fingerprint density at radius 1 is 0.935 bits per heavy atom. The van der Waals surface area contributed by atoms with E-state index < -0.39 is 0 Å². The minimum absolute atomic E-state index is 0.125. The van der Waals surface area contributed by atoms with Crippen LogP contribution < -0.4 is 5.32 Å². The number of anilines is 1. The third-order valence-electron chi connectivity index (χ3n) is 4.91. The highest BCUT2D eigenvalue weighted by molar-refractivity contribution is 7.98. The van der Waals surface area contributed by atoms with Crippen LogP contribution in [0.1, 0.15) is 40.2 Å². The summed E-state index contributed by atoms with van der Waals surface area (Å²) in [6, 6.07) is 27.3. The van der Waals surface area contributed by atoms with E-state index in [1.165, 1.54) is 17.3 Å². The molecule has 0 saturated carbocycles. The number of carbonyl (C=O) groups excluding carboxylic acids is 1. The summed E-state index contributed by atoms with van der Waals surface area (Å²) in [7, 11) is 0. The highest BCUT2D eigenvalue weighted by atomic mass is 32.2. The van der Waals surface area contributed by atoms with Gasteiger partial charge in [-0.25, -0.2) is 0 Å². The number of hydrogen-bond acceptors (Lipinski definition) is 5. The number of amides is 1. The molecule has 1 amide bonds. The molecule has 0 radical (unpaired) electrons. The topological polar surface area (TPSA) is 68.0 Å². The number of nitrogens with one attached hydrogen (secondary N) is 1. The Labute approximate surface area is 185 Å². The van der Waals surface area contributed by atoms with Crippen LogP contribution in [0.3, 0.4) is 0 Å². The Morgan fingerprint density at radius 3 is 2.32 bits per heavy atom. The maximum Gasteiger partial charge on any atom is 0.276 e. The summed E-state index contributed by atoms with van der Waals surface area (Å²) < 4.78 is 5.80. The van der Waals surface area contributed by atoms with Crippen LogP contribution >= 0.6 is 11.8 Å². The standard InChI is InChI=1S/C25H23N3O2S/c1-18(20-8-4-2-5-9-20)16-23-27-28-25(30-23)31-17-19-12-14-21(15-13-19)24(29)26-22-10-6-3-7-11-22/h2-15,18H,16-17H2,1H3,(H,26,29). The van der Waals surface area contributed by atoms with Gasteiger partial charge in [-0.3, -0.25) is 4.79 Å². The van der Waals surface area contributed by atoms with Crippen molar-refractivity contribution < 1.29 is 9.21 Å². The molecule has 5 nitrogen and oxygen atoms in total. The third-order valence-corrected chi connectivity index (χ3v) is 5.80. The molecule has 0 bridgehead atoms. The van der Waals surface area contributed by atoms with Gasteiger partial charge in [-0.15, -0.1) is 10.2 Å².